The molecule has 174 valence electrons. The lowest BCUT2D eigenvalue weighted by Crippen LogP contribution is -2.16. The van der Waals surface area contributed by atoms with Gasteiger partial charge in [0, 0.05) is 22.9 Å². The van der Waals surface area contributed by atoms with E-state index in [0.717, 1.165) is 33.2 Å². The van der Waals surface area contributed by atoms with Crippen molar-refractivity contribution in [2.24, 2.45) is 0 Å². The number of sulfonamides is 1. The molecule has 33 heavy (non-hydrogen) atoms. The molecule has 4 aromatic rings. The number of rotatable bonds is 8. The van der Waals surface area contributed by atoms with Crippen LogP contribution in [0.2, 0.25) is 0 Å². The van der Waals surface area contributed by atoms with Crippen molar-refractivity contribution in [1.82, 2.24) is 4.98 Å². The number of hydrogen-bond donors (Lipinski definition) is 2. The van der Waals surface area contributed by atoms with Crippen LogP contribution in [-0.4, -0.2) is 33.4 Å². The van der Waals surface area contributed by atoms with Crippen LogP contribution < -0.4 is 19.5 Å². The molecular formula is C24H26ClN3O4S. The van der Waals surface area contributed by atoms with E-state index in [-0.39, 0.29) is 18.2 Å². The monoisotopic (exact) mass is 487 g/mol. The second-order valence-corrected chi connectivity index (χ2v) is 9.19. The van der Waals surface area contributed by atoms with Gasteiger partial charge in [-0.05, 0) is 36.8 Å². The van der Waals surface area contributed by atoms with Crippen LogP contribution in [-0.2, 0) is 10.0 Å². The van der Waals surface area contributed by atoms with Crippen molar-refractivity contribution < 1.29 is 17.9 Å². The fourth-order valence-corrected chi connectivity index (χ4v) is 4.75. The lowest BCUT2D eigenvalue weighted by atomic mass is 10.1. The van der Waals surface area contributed by atoms with Gasteiger partial charge >= 0.3 is 0 Å². The van der Waals surface area contributed by atoms with Crippen molar-refractivity contribution >= 4 is 61.3 Å². The first kappa shape index (κ1) is 24.4. The molecule has 1 aromatic heterocycles. The Balaban J connectivity index is 0.00000306. The molecule has 0 atom stereocenters. The van der Waals surface area contributed by atoms with Crippen molar-refractivity contribution in [3.8, 4) is 11.5 Å². The highest BCUT2D eigenvalue weighted by atomic mass is 35.5. The third-order valence-electron chi connectivity index (χ3n) is 5.10. The Bertz CT molecular complexity index is 1390. The third-order valence-corrected chi connectivity index (χ3v) is 6.59. The number of hydrogen-bond acceptors (Lipinski definition) is 6. The number of ether oxygens (including phenoxy) is 2. The molecule has 0 amide bonds. The lowest BCUT2D eigenvalue weighted by Gasteiger charge is -2.17. The molecule has 0 fully saturated rings. The summed E-state index contributed by atoms with van der Waals surface area (Å²) in [5, 5.41) is 5.37. The zero-order valence-electron chi connectivity index (χ0n) is 18.6. The SMILES string of the molecule is CCCS(=O)(=O)Nc1ccc(Nc2c3ccccc3nc3cc(OC)ccc23)c(OC)c1.Cl. The van der Waals surface area contributed by atoms with Crippen LogP contribution in [0.3, 0.4) is 0 Å². The second-order valence-electron chi connectivity index (χ2n) is 7.35. The highest BCUT2D eigenvalue weighted by Crippen LogP contribution is 2.38. The van der Waals surface area contributed by atoms with E-state index in [4.69, 9.17) is 14.5 Å². The van der Waals surface area contributed by atoms with Crippen molar-refractivity contribution in [3.05, 3.63) is 60.7 Å². The summed E-state index contributed by atoms with van der Waals surface area (Å²) in [4.78, 5) is 4.78. The minimum absolute atomic E-state index is 0. The summed E-state index contributed by atoms with van der Waals surface area (Å²) in [6.45, 7) is 1.83. The quantitative estimate of drug-likeness (QED) is 0.309. The van der Waals surface area contributed by atoms with Crippen molar-refractivity contribution in [1.29, 1.82) is 0 Å². The number of aromatic nitrogens is 1. The Morgan fingerprint density at radius 2 is 1.67 bits per heavy atom. The Hall–Kier alpha value is -3.23. The van der Waals surface area contributed by atoms with Gasteiger partial charge in [0.05, 0.1) is 48.1 Å². The Morgan fingerprint density at radius 3 is 2.39 bits per heavy atom. The Kier molecular flexibility index (Phi) is 7.50. The largest absolute Gasteiger partial charge is 0.497 e. The van der Waals surface area contributed by atoms with Crippen LogP contribution in [0.15, 0.2) is 60.7 Å². The normalized spacial score (nSPS) is 11.1. The Morgan fingerprint density at radius 1 is 0.909 bits per heavy atom. The van der Waals surface area contributed by atoms with Gasteiger partial charge in [-0.1, -0.05) is 25.1 Å². The van der Waals surface area contributed by atoms with E-state index in [0.29, 0.717) is 23.5 Å². The zero-order valence-corrected chi connectivity index (χ0v) is 20.2. The van der Waals surface area contributed by atoms with E-state index in [1.807, 2.05) is 49.4 Å². The molecule has 2 N–H and O–H groups in total. The standard InChI is InChI=1S/C24H25N3O4S.ClH/c1-4-13-32(28,29)27-16-9-12-21(23(14-16)31-3)26-24-18-7-5-6-8-20(18)25-22-15-17(30-2)10-11-19(22)24;/h5-12,14-15,27H,4,13H2,1-3H3,(H,25,26);1H. The van der Waals surface area contributed by atoms with Crippen LogP contribution in [0, 0.1) is 0 Å². The summed E-state index contributed by atoms with van der Waals surface area (Å²) in [6, 6.07) is 18.8. The van der Waals surface area contributed by atoms with Crippen LogP contribution in [0.5, 0.6) is 11.5 Å². The molecule has 0 saturated carbocycles. The number of nitrogens with one attached hydrogen (secondary N) is 2. The maximum Gasteiger partial charge on any atom is 0.232 e. The molecule has 0 aliphatic rings. The number of pyridine rings is 1. The summed E-state index contributed by atoms with van der Waals surface area (Å²) in [5.41, 5.74) is 3.69. The van der Waals surface area contributed by atoms with Gasteiger partial charge in [-0.15, -0.1) is 12.4 Å². The van der Waals surface area contributed by atoms with Crippen molar-refractivity contribution in [2.75, 3.05) is 30.0 Å². The zero-order chi connectivity index (χ0) is 22.7. The number of methoxy groups -OCH3 is 2. The van der Waals surface area contributed by atoms with Gasteiger partial charge in [0.15, 0.2) is 0 Å². The van der Waals surface area contributed by atoms with Gasteiger partial charge < -0.3 is 14.8 Å². The minimum atomic E-state index is -3.39. The van der Waals surface area contributed by atoms with Gasteiger partial charge in [-0.25, -0.2) is 13.4 Å². The van der Waals surface area contributed by atoms with Gasteiger partial charge in [0.2, 0.25) is 10.0 Å². The van der Waals surface area contributed by atoms with E-state index in [2.05, 4.69) is 10.0 Å². The molecule has 0 bridgehead atoms. The number of benzene rings is 3. The molecule has 0 unspecified atom stereocenters. The second kappa shape index (κ2) is 10.1. The summed E-state index contributed by atoms with van der Waals surface area (Å²) in [6.07, 6.45) is 0.541. The van der Waals surface area contributed by atoms with Gasteiger partial charge in [-0.2, -0.15) is 0 Å². The predicted molar refractivity (Wildman–Crippen MR) is 137 cm³/mol. The average molecular weight is 488 g/mol. The highest BCUT2D eigenvalue weighted by molar-refractivity contribution is 7.92. The van der Waals surface area contributed by atoms with Crippen LogP contribution in [0.4, 0.5) is 17.1 Å². The summed E-state index contributed by atoms with van der Waals surface area (Å²) < 4.78 is 37.8. The number of halogens is 1. The van der Waals surface area contributed by atoms with Gasteiger partial charge in [0.25, 0.3) is 0 Å². The summed E-state index contributed by atoms with van der Waals surface area (Å²) in [7, 11) is -0.210. The number of para-hydroxylation sites is 1. The maximum atomic E-state index is 12.1. The van der Waals surface area contributed by atoms with Gasteiger partial charge in [-0.3, -0.25) is 4.72 Å². The van der Waals surface area contributed by atoms with Crippen LogP contribution in [0.25, 0.3) is 21.8 Å². The first-order valence-electron chi connectivity index (χ1n) is 10.3. The first-order valence-corrected chi connectivity index (χ1v) is 11.9. The van der Waals surface area contributed by atoms with E-state index >= 15 is 0 Å². The average Bonchev–Trinajstić information content (AvgIpc) is 2.78. The van der Waals surface area contributed by atoms with E-state index in [1.165, 1.54) is 0 Å². The minimum Gasteiger partial charge on any atom is -0.497 e. The smallest absolute Gasteiger partial charge is 0.232 e. The van der Waals surface area contributed by atoms with Gasteiger partial charge in [0.1, 0.15) is 11.5 Å². The third kappa shape index (κ3) is 5.23. The molecule has 0 spiro atoms. The molecule has 7 nitrogen and oxygen atoms in total. The van der Waals surface area contributed by atoms with Crippen molar-refractivity contribution in [2.45, 2.75) is 13.3 Å². The topological polar surface area (TPSA) is 89.6 Å². The lowest BCUT2D eigenvalue weighted by molar-refractivity contribution is 0.415. The highest BCUT2D eigenvalue weighted by Gasteiger charge is 2.14. The molecule has 0 saturated heterocycles. The molecule has 0 aliphatic heterocycles. The van der Waals surface area contributed by atoms with Crippen molar-refractivity contribution in [3.63, 3.8) is 0 Å². The summed E-state index contributed by atoms with van der Waals surface area (Å²) in [5.74, 6) is 1.31. The maximum absolute atomic E-state index is 12.1. The number of anilines is 3. The molecule has 4 rings (SSSR count). The molecule has 0 aliphatic carbocycles. The van der Waals surface area contributed by atoms with E-state index < -0.39 is 10.0 Å². The predicted octanol–water partition coefficient (Wildman–Crippen LogP) is 5.72. The molecule has 9 heteroatoms. The van der Waals surface area contributed by atoms with E-state index in [9.17, 15) is 8.42 Å². The molecule has 3 aromatic carbocycles. The molecule has 1 heterocycles. The fourth-order valence-electron chi connectivity index (χ4n) is 3.63. The molecule has 0 radical (unpaired) electrons. The number of nitrogens with zero attached hydrogens (tertiary/aromatic N) is 1. The molecular weight excluding hydrogens is 462 g/mol. The number of fused-ring (bicyclic) bond motifs is 2. The fraction of sp³-hybridized carbons (Fsp3) is 0.208. The first-order chi connectivity index (χ1) is 15.4. The van der Waals surface area contributed by atoms with Crippen LogP contribution >= 0.6 is 12.4 Å². The van der Waals surface area contributed by atoms with Crippen LogP contribution in [0.1, 0.15) is 13.3 Å². The van der Waals surface area contributed by atoms with E-state index in [1.54, 1.807) is 32.4 Å². The summed E-state index contributed by atoms with van der Waals surface area (Å²) >= 11 is 0. The Labute approximate surface area is 199 Å².